The van der Waals surface area contributed by atoms with Gasteiger partial charge in [0, 0.05) is 44.2 Å². The molecule has 2 heterocycles. The van der Waals surface area contributed by atoms with Crippen LogP contribution in [0.15, 0.2) is 42.6 Å². The number of aromatic nitrogens is 1. The van der Waals surface area contributed by atoms with E-state index in [1.165, 1.54) is 0 Å². The molecule has 2 atom stereocenters. The summed E-state index contributed by atoms with van der Waals surface area (Å²) in [5.74, 6) is 1.03. The van der Waals surface area contributed by atoms with Gasteiger partial charge in [0.15, 0.2) is 5.60 Å². The van der Waals surface area contributed by atoms with Gasteiger partial charge in [-0.05, 0) is 24.8 Å². The van der Waals surface area contributed by atoms with Crippen molar-refractivity contribution >= 4 is 5.91 Å². The first-order valence-electron chi connectivity index (χ1n) is 11.0. The molecule has 0 spiro atoms. The molecule has 0 saturated carbocycles. The predicted octanol–water partition coefficient (Wildman–Crippen LogP) is 3.73. The number of aryl methyl sites for hydroxylation is 1. The Kier molecular flexibility index (Phi) is 8.23. The van der Waals surface area contributed by atoms with Crippen LogP contribution in [-0.2, 0) is 32.0 Å². The Morgan fingerprint density at radius 3 is 2.56 bits per heavy atom. The summed E-state index contributed by atoms with van der Waals surface area (Å²) in [5.41, 5.74) is 1.74. The topological polar surface area (TPSA) is 70.1 Å². The van der Waals surface area contributed by atoms with Crippen molar-refractivity contribution in [1.29, 1.82) is 0 Å². The zero-order chi connectivity index (χ0) is 23.1. The zero-order valence-corrected chi connectivity index (χ0v) is 19.7. The van der Waals surface area contributed by atoms with Crippen LogP contribution in [0, 0.1) is 12.8 Å². The Balaban J connectivity index is 1.84. The Morgan fingerprint density at radius 2 is 1.91 bits per heavy atom. The average molecular weight is 443 g/mol. The normalized spacial score (nSPS) is 20.5. The van der Waals surface area contributed by atoms with Crippen LogP contribution in [0.3, 0.4) is 0 Å². The van der Waals surface area contributed by atoms with Crippen LogP contribution in [0.25, 0.3) is 0 Å². The number of carbonyl (C=O) groups excluding carboxylic acids is 1. The lowest BCUT2D eigenvalue weighted by Gasteiger charge is -2.55. The fourth-order valence-electron chi connectivity index (χ4n) is 4.13. The minimum Gasteiger partial charge on any atom is -0.489 e. The summed E-state index contributed by atoms with van der Waals surface area (Å²) in [6.07, 6.45) is 2.92. The second kappa shape index (κ2) is 10.9. The van der Waals surface area contributed by atoms with Crippen LogP contribution in [0.4, 0.5) is 0 Å². The first kappa shape index (κ1) is 24.2. The quantitative estimate of drug-likeness (QED) is 0.369. The molecule has 1 aromatic carbocycles. The van der Waals surface area contributed by atoms with Crippen molar-refractivity contribution < 1.29 is 23.7 Å². The molecular weight excluding hydrogens is 408 g/mol. The fraction of sp³-hybridized carbons (Fsp3) is 0.520. The number of pyridine rings is 1. The van der Waals surface area contributed by atoms with E-state index in [4.69, 9.17) is 18.9 Å². The van der Waals surface area contributed by atoms with Crippen LogP contribution in [0.5, 0.6) is 5.75 Å². The van der Waals surface area contributed by atoms with Gasteiger partial charge in [-0.25, -0.2) is 0 Å². The molecule has 1 aliphatic heterocycles. The molecule has 1 fully saturated rings. The molecule has 32 heavy (non-hydrogen) atoms. The average Bonchev–Trinajstić information content (AvgIpc) is 2.79. The van der Waals surface area contributed by atoms with Crippen LogP contribution in [0.2, 0.25) is 0 Å². The molecule has 174 valence electrons. The van der Waals surface area contributed by atoms with Gasteiger partial charge in [-0.1, -0.05) is 44.2 Å². The maximum absolute atomic E-state index is 13.2. The number of amides is 1. The molecular formula is C25H34N2O5. The summed E-state index contributed by atoms with van der Waals surface area (Å²) < 4.78 is 22.6. The smallest absolute Gasteiger partial charge is 0.259 e. The molecule has 0 bridgehead atoms. The molecule has 7 nitrogen and oxygen atoms in total. The van der Waals surface area contributed by atoms with E-state index in [1.807, 2.05) is 43.3 Å². The molecule has 2 aromatic rings. The maximum Gasteiger partial charge on any atom is 0.259 e. The number of likely N-dealkylation sites (tertiary alicyclic amines) is 1. The second-order valence-corrected chi connectivity index (χ2v) is 8.67. The van der Waals surface area contributed by atoms with Crippen LogP contribution >= 0.6 is 0 Å². The lowest BCUT2D eigenvalue weighted by atomic mass is 9.75. The number of rotatable bonds is 12. The van der Waals surface area contributed by atoms with Crippen molar-refractivity contribution in [2.75, 3.05) is 27.7 Å². The minimum atomic E-state index is -1.03. The number of β-lactam (4-membered cyclic amide) rings is 1. The largest absolute Gasteiger partial charge is 0.489 e. The zero-order valence-electron chi connectivity index (χ0n) is 19.7. The van der Waals surface area contributed by atoms with Crippen molar-refractivity contribution in [3.63, 3.8) is 0 Å². The van der Waals surface area contributed by atoms with Gasteiger partial charge in [0.05, 0.1) is 6.04 Å². The third-order valence-electron chi connectivity index (χ3n) is 5.73. The summed E-state index contributed by atoms with van der Waals surface area (Å²) in [5, 5.41) is 0. The molecule has 1 saturated heterocycles. The van der Waals surface area contributed by atoms with E-state index < -0.39 is 5.60 Å². The molecule has 1 amide bonds. The Labute approximate surface area is 190 Å². The monoisotopic (exact) mass is 442 g/mol. The molecule has 1 aromatic heterocycles. The Hall–Kier alpha value is -2.48. The highest BCUT2D eigenvalue weighted by Gasteiger charge is 2.62. The van der Waals surface area contributed by atoms with Crippen molar-refractivity contribution in [1.82, 2.24) is 9.88 Å². The first-order valence-corrected chi connectivity index (χ1v) is 11.0. The fourth-order valence-corrected chi connectivity index (χ4v) is 4.13. The van der Waals surface area contributed by atoms with Crippen molar-refractivity contribution in [2.24, 2.45) is 5.92 Å². The highest BCUT2D eigenvalue weighted by molar-refractivity contribution is 5.93. The van der Waals surface area contributed by atoms with E-state index in [0.717, 1.165) is 29.0 Å². The number of hydrogen-bond acceptors (Lipinski definition) is 6. The summed E-state index contributed by atoms with van der Waals surface area (Å²) in [6, 6.07) is 11.8. The van der Waals surface area contributed by atoms with Gasteiger partial charge in [-0.15, -0.1) is 0 Å². The number of ether oxygens (including phenoxy) is 4. The van der Waals surface area contributed by atoms with E-state index >= 15 is 0 Å². The number of hydrogen-bond donors (Lipinski definition) is 0. The molecule has 0 aliphatic carbocycles. The SMILES string of the molecule is COCO[C@@]1(Cc2cc(OCc3ccccc3)c(C)cn2)C(=O)N(COC)[C@H]1CC(C)C. The summed E-state index contributed by atoms with van der Waals surface area (Å²) in [7, 11) is 3.15. The van der Waals surface area contributed by atoms with E-state index in [1.54, 1.807) is 25.3 Å². The van der Waals surface area contributed by atoms with Gasteiger partial charge >= 0.3 is 0 Å². The first-order chi connectivity index (χ1) is 15.4. The van der Waals surface area contributed by atoms with Crippen LogP contribution in [0.1, 0.15) is 37.1 Å². The molecule has 7 heteroatoms. The summed E-state index contributed by atoms with van der Waals surface area (Å²) in [4.78, 5) is 19.6. The van der Waals surface area contributed by atoms with Crippen molar-refractivity contribution in [3.05, 3.63) is 59.4 Å². The third-order valence-corrected chi connectivity index (χ3v) is 5.73. The van der Waals surface area contributed by atoms with Crippen molar-refractivity contribution in [2.45, 2.75) is 51.9 Å². The molecule has 0 radical (unpaired) electrons. The van der Waals surface area contributed by atoms with Crippen molar-refractivity contribution in [3.8, 4) is 5.75 Å². The van der Waals surface area contributed by atoms with E-state index in [2.05, 4.69) is 18.8 Å². The second-order valence-electron chi connectivity index (χ2n) is 8.67. The van der Waals surface area contributed by atoms with Gasteiger partial charge in [-0.3, -0.25) is 9.78 Å². The van der Waals surface area contributed by atoms with Crippen LogP contribution in [-0.4, -0.2) is 55.2 Å². The molecule has 3 rings (SSSR count). The highest BCUT2D eigenvalue weighted by atomic mass is 16.7. The van der Waals surface area contributed by atoms with Gasteiger partial charge in [0.2, 0.25) is 0 Å². The summed E-state index contributed by atoms with van der Waals surface area (Å²) in [6.45, 7) is 6.96. The number of carbonyl (C=O) groups is 1. The minimum absolute atomic E-state index is 0.0321. The molecule has 0 N–H and O–H groups in total. The summed E-state index contributed by atoms with van der Waals surface area (Å²) >= 11 is 0. The van der Waals surface area contributed by atoms with E-state index in [0.29, 0.717) is 18.9 Å². The highest BCUT2D eigenvalue weighted by Crippen LogP contribution is 2.41. The molecule has 1 aliphatic rings. The number of nitrogens with zero attached hydrogens (tertiary/aromatic N) is 2. The standard InChI is InChI=1S/C25H34N2O5/c1-18(2)11-23-25(32-17-30-5,24(28)27(23)16-29-4)13-21-12-22(19(3)14-26-21)31-15-20-9-7-6-8-10-20/h6-10,12,14,18,23H,11,13,15-17H2,1-5H3/t23-,25+/m0/s1. The molecule has 0 unspecified atom stereocenters. The number of benzene rings is 1. The maximum atomic E-state index is 13.2. The predicted molar refractivity (Wildman–Crippen MR) is 121 cm³/mol. The lowest BCUT2D eigenvalue weighted by Crippen LogP contribution is -2.76. The van der Waals surface area contributed by atoms with Gasteiger partial charge in [-0.2, -0.15) is 0 Å². The number of methoxy groups -OCH3 is 2. The Morgan fingerprint density at radius 1 is 1.16 bits per heavy atom. The van der Waals surface area contributed by atoms with E-state index in [9.17, 15) is 4.79 Å². The lowest BCUT2D eigenvalue weighted by molar-refractivity contribution is -0.235. The Bertz CT molecular complexity index is 889. The van der Waals surface area contributed by atoms with Gasteiger partial charge in [0.1, 0.15) is 25.9 Å². The van der Waals surface area contributed by atoms with E-state index in [-0.39, 0.29) is 25.5 Å². The van der Waals surface area contributed by atoms with Crippen LogP contribution < -0.4 is 4.74 Å². The van der Waals surface area contributed by atoms with Gasteiger partial charge in [0.25, 0.3) is 5.91 Å². The third kappa shape index (κ3) is 5.28. The van der Waals surface area contributed by atoms with Gasteiger partial charge < -0.3 is 23.8 Å².